The molecule has 1 aliphatic heterocycles. The monoisotopic (exact) mass is 243 g/mol. The number of ether oxygens (including phenoxy) is 1. The van der Waals surface area contributed by atoms with Crippen LogP contribution in [-0.4, -0.2) is 68.2 Å². The van der Waals surface area contributed by atoms with E-state index in [2.05, 4.69) is 12.2 Å². The topological polar surface area (TPSA) is 61.9 Å². The van der Waals surface area contributed by atoms with E-state index in [9.17, 15) is 9.59 Å². The molecule has 0 bridgehead atoms. The fourth-order valence-electron chi connectivity index (χ4n) is 1.79. The maximum Gasteiger partial charge on any atom is 0.327 e. The van der Waals surface area contributed by atoms with Gasteiger partial charge in [0, 0.05) is 26.7 Å². The Kier molecular flexibility index (Phi) is 5.37. The van der Waals surface area contributed by atoms with E-state index in [4.69, 9.17) is 4.74 Å². The Morgan fingerprint density at radius 1 is 1.47 bits per heavy atom. The third-order valence-electron chi connectivity index (χ3n) is 2.68. The van der Waals surface area contributed by atoms with Crippen LogP contribution >= 0.6 is 0 Å². The normalized spacial score (nSPS) is 18.1. The van der Waals surface area contributed by atoms with Crippen LogP contribution in [0.15, 0.2) is 0 Å². The zero-order valence-electron chi connectivity index (χ0n) is 10.7. The van der Waals surface area contributed by atoms with Gasteiger partial charge in [0.15, 0.2) is 0 Å². The van der Waals surface area contributed by atoms with Crippen molar-refractivity contribution < 1.29 is 14.3 Å². The Bertz CT molecular complexity index is 283. The lowest BCUT2D eigenvalue weighted by Crippen LogP contribution is -2.46. The summed E-state index contributed by atoms with van der Waals surface area (Å²) in [6.07, 6.45) is 1.00. The lowest BCUT2D eigenvalue weighted by Gasteiger charge is -2.22. The van der Waals surface area contributed by atoms with E-state index in [0.29, 0.717) is 13.2 Å². The quantitative estimate of drug-likeness (QED) is 0.634. The van der Waals surface area contributed by atoms with Gasteiger partial charge in [0.05, 0.1) is 6.61 Å². The smallest absolute Gasteiger partial charge is 0.327 e. The molecule has 0 aromatic rings. The van der Waals surface area contributed by atoms with E-state index >= 15 is 0 Å². The Morgan fingerprint density at radius 2 is 2.18 bits per heavy atom. The highest BCUT2D eigenvalue weighted by molar-refractivity contribution is 6.01. The minimum Gasteiger partial charge on any atom is -0.383 e. The van der Waals surface area contributed by atoms with Crippen LogP contribution in [0.25, 0.3) is 0 Å². The largest absolute Gasteiger partial charge is 0.383 e. The summed E-state index contributed by atoms with van der Waals surface area (Å²) >= 11 is 0. The number of carbonyl (C=O) groups is 2. The van der Waals surface area contributed by atoms with Gasteiger partial charge in [-0.25, -0.2) is 4.79 Å². The van der Waals surface area contributed by atoms with Crippen LogP contribution in [0.2, 0.25) is 0 Å². The van der Waals surface area contributed by atoms with E-state index in [1.807, 2.05) is 0 Å². The first-order chi connectivity index (χ1) is 8.10. The molecule has 1 N–H and O–H groups in total. The van der Waals surface area contributed by atoms with E-state index in [-0.39, 0.29) is 24.5 Å². The van der Waals surface area contributed by atoms with Crippen LogP contribution in [0.3, 0.4) is 0 Å². The number of imide groups is 1. The minimum absolute atomic E-state index is 0.000602. The number of urea groups is 1. The fraction of sp³-hybridized carbons (Fsp3) is 0.818. The molecule has 3 amide bonds. The van der Waals surface area contributed by atoms with Gasteiger partial charge in [-0.2, -0.15) is 0 Å². The molecule has 1 unspecified atom stereocenters. The molecular weight excluding hydrogens is 222 g/mol. The van der Waals surface area contributed by atoms with Gasteiger partial charge >= 0.3 is 6.03 Å². The summed E-state index contributed by atoms with van der Waals surface area (Å²) in [4.78, 5) is 26.0. The van der Waals surface area contributed by atoms with Crippen LogP contribution in [0, 0.1) is 0 Å². The van der Waals surface area contributed by atoms with Crippen molar-refractivity contribution in [3.8, 4) is 0 Å². The number of nitrogens with one attached hydrogen (secondary N) is 1. The number of carbonyl (C=O) groups excluding carboxylic acids is 2. The molecule has 0 aromatic carbocycles. The standard InChI is InChI=1S/C11H21N3O3/c1-4-5-12-9(8-17-3)6-14-10(15)7-13(2)11(14)16/h9,12H,4-8H2,1-3H3. The summed E-state index contributed by atoms with van der Waals surface area (Å²) in [5.74, 6) is -0.142. The highest BCUT2D eigenvalue weighted by Gasteiger charge is 2.34. The Labute approximate surface area is 102 Å². The van der Waals surface area contributed by atoms with Gasteiger partial charge in [0.1, 0.15) is 6.54 Å². The molecule has 1 saturated heterocycles. The van der Waals surface area contributed by atoms with E-state index in [1.165, 1.54) is 9.80 Å². The van der Waals surface area contributed by atoms with E-state index < -0.39 is 0 Å². The number of hydrogen-bond acceptors (Lipinski definition) is 4. The molecule has 1 fully saturated rings. The van der Waals surface area contributed by atoms with Crippen molar-refractivity contribution in [1.82, 2.24) is 15.1 Å². The molecule has 1 aliphatic rings. The van der Waals surface area contributed by atoms with E-state index in [1.54, 1.807) is 14.2 Å². The van der Waals surface area contributed by atoms with Crippen molar-refractivity contribution in [3.63, 3.8) is 0 Å². The molecule has 0 spiro atoms. The van der Waals surface area contributed by atoms with Crippen LogP contribution in [0.1, 0.15) is 13.3 Å². The van der Waals surface area contributed by atoms with Gasteiger partial charge in [0.25, 0.3) is 0 Å². The van der Waals surface area contributed by atoms with Gasteiger partial charge in [-0.1, -0.05) is 6.92 Å². The molecule has 98 valence electrons. The zero-order chi connectivity index (χ0) is 12.8. The second kappa shape index (κ2) is 6.56. The Morgan fingerprint density at radius 3 is 2.65 bits per heavy atom. The molecule has 6 heteroatoms. The van der Waals surface area contributed by atoms with Crippen molar-refractivity contribution in [1.29, 1.82) is 0 Å². The fourth-order valence-corrected chi connectivity index (χ4v) is 1.79. The average molecular weight is 243 g/mol. The lowest BCUT2D eigenvalue weighted by molar-refractivity contribution is -0.125. The van der Waals surface area contributed by atoms with Crippen LogP contribution in [-0.2, 0) is 9.53 Å². The van der Waals surface area contributed by atoms with Crippen LogP contribution in [0.4, 0.5) is 4.79 Å². The molecule has 17 heavy (non-hydrogen) atoms. The number of hydrogen-bond donors (Lipinski definition) is 1. The Balaban J connectivity index is 2.53. The summed E-state index contributed by atoms with van der Waals surface area (Å²) < 4.78 is 5.08. The van der Waals surface area contributed by atoms with Crippen molar-refractivity contribution in [3.05, 3.63) is 0 Å². The molecule has 1 atom stereocenters. The first kappa shape index (κ1) is 13.9. The second-order valence-corrected chi connectivity index (χ2v) is 4.25. The highest BCUT2D eigenvalue weighted by Crippen LogP contribution is 2.08. The van der Waals surface area contributed by atoms with Gasteiger partial charge < -0.3 is 15.0 Å². The minimum atomic E-state index is -0.227. The predicted molar refractivity (Wildman–Crippen MR) is 63.7 cm³/mol. The Hall–Kier alpha value is -1.14. The molecule has 1 heterocycles. The van der Waals surface area contributed by atoms with Gasteiger partial charge in [-0.15, -0.1) is 0 Å². The highest BCUT2D eigenvalue weighted by atomic mass is 16.5. The third kappa shape index (κ3) is 3.67. The van der Waals surface area contributed by atoms with E-state index in [0.717, 1.165) is 13.0 Å². The number of likely N-dealkylation sites (N-methyl/N-ethyl adjacent to an activating group) is 1. The maximum atomic E-state index is 11.7. The molecule has 1 rings (SSSR count). The molecule has 0 radical (unpaired) electrons. The van der Waals surface area contributed by atoms with Gasteiger partial charge in [0.2, 0.25) is 5.91 Å². The summed E-state index contributed by atoms with van der Waals surface area (Å²) in [6.45, 7) is 3.94. The summed E-state index contributed by atoms with van der Waals surface area (Å²) in [6, 6.07) is -0.228. The molecule has 0 aromatic heterocycles. The second-order valence-electron chi connectivity index (χ2n) is 4.25. The van der Waals surface area contributed by atoms with Crippen molar-refractivity contribution in [2.24, 2.45) is 0 Å². The van der Waals surface area contributed by atoms with Crippen LogP contribution in [0.5, 0.6) is 0 Å². The first-order valence-corrected chi connectivity index (χ1v) is 5.88. The summed E-state index contributed by atoms with van der Waals surface area (Å²) in [7, 11) is 3.24. The average Bonchev–Trinajstić information content (AvgIpc) is 2.53. The van der Waals surface area contributed by atoms with Gasteiger partial charge in [-0.3, -0.25) is 9.69 Å². The molecular formula is C11H21N3O3. The predicted octanol–water partition coefficient (Wildman–Crippen LogP) is -0.105. The maximum absolute atomic E-state index is 11.7. The molecule has 0 aliphatic carbocycles. The third-order valence-corrected chi connectivity index (χ3v) is 2.68. The molecule has 6 nitrogen and oxygen atoms in total. The number of amides is 3. The van der Waals surface area contributed by atoms with Crippen molar-refractivity contribution in [2.75, 3.05) is 40.4 Å². The summed E-state index contributed by atoms with van der Waals surface area (Å²) in [5, 5.41) is 3.26. The van der Waals surface area contributed by atoms with Crippen molar-refractivity contribution >= 4 is 11.9 Å². The van der Waals surface area contributed by atoms with Crippen molar-refractivity contribution in [2.45, 2.75) is 19.4 Å². The zero-order valence-corrected chi connectivity index (χ0v) is 10.7. The molecule has 0 saturated carbocycles. The van der Waals surface area contributed by atoms with Crippen LogP contribution < -0.4 is 5.32 Å². The first-order valence-electron chi connectivity index (χ1n) is 5.88. The lowest BCUT2D eigenvalue weighted by atomic mass is 10.2. The number of nitrogens with zero attached hydrogens (tertiary/aromatic N) is 2. The number of rotatable bonds is 7. The summed E-state index contributed by atoms with van der Waals surface area (Å²) in [5.41, 5.74) is 0. The SMILES string of the molecule is CCCNC(COC)CN1C(=O)CN(C)C1=O. The van der Waals surface area contributed by atoms with Gasteiger partial charge in [-0.05, 0) is 13.0 Å². The number of methoxy groups -OCH3 is 1.